The lowest BCUT2D eigenvalue weighted by atomic mass is 10.2. The Labute approximate surface area is 100 Å². The number of hydrogen-bond donors (Lipinski definition) is 1. The Hall–Kier alpha value is -0.620. The quantitative estimate of drug-likeness (QED) is 0.645. The van der Waals surface area contributed by atoms with Gasteiger partial charge in [0.05, 0.1) is 0 Å². The predicted octanol–water partition coefficient (Wildman–Crippen LogP) is 3.17. The van der Waals surface area contributed by atoms with Gasteiger partial charge in [-0.15, -0.1) is 23.6 Å². The molecule has 1 atom stereocenters. The summed E-state index contributed by atoms with van der Waals surface area (Å²) in [5.41, 5.74) is 5.89. The maximum atomic E-state index is 5.89. The second-order valence-electron chi connectivity index (χ2n) is 3.16. The molecule has 0 heterocycles. The summed E-state index contributed by atoms with van der Waals surface area (Å²) < 4.78 is 0. The molecule has 1 aromatic rings. The number of halogens is 1. The molecule has 80 valence electrons. The number of thioether (sulfide) groups is 1. The first kappa shape index (κ1) is 12.4. The van der Waals surface area contributed by atoms with Gasteiger partial charge in [0, 0.05) is 28.1 Å². The van der Waals surface area contributed by atoms with Crippen LogP contribution in [0.4, 0.5) is 0 Å². The maximum Gasteiger partial charge on any atom is 0.0406 e. The highest BCUT2D eigenvalue weighted by Gasteiger charge is 2.01. The first-order valence-corrected chi connectivity index (χ1v) is 6.12. The van der Waals surface area contributed by atoms with E-state index < -0.39 is 0 Å². The van der Waals surface area contributed by atoms with E-state index in [0.717, 1.165) is 17.2 Å². The Bertz CT molecular complexity index is 350. The lowest BCUT2D eigenvalue weighted by molar-refractivity contribution is 0.782. The lowest BCUT2D eigenvalue weighted by Crippen LogP contribution is -2.21. The van der Waals surface area contributed by atoms with Crippen molar-refractivity contribution in [1.29, 1.82) is 0 Å². The van der Waals surface area contributed by atoms with Crippen molar-refractivity contribution in [2.45, 2.75) is 24.3 Å². The van der Waals surface area contributed by atoms with E-state index in [4.69, 9.17) is 17.3 Å². The third kappa shape index (κ3) is 5.13. The minimum atomic E-state index is 0.137. The fraction of sp³-hybridized carbons (Fsp3) is 0.333. The number of hydrogen-bond acceptors (Lipinski definition) is 2. The Morgan fingerprint density at radius 3 is 2.67 bits per heavy atom. The molecule has 0 aliphatic heterocycles. The highest BCUT2D eigenvalue weighted by molar-refractivity contribution is 7.99. The van der Waals surface area contributed by atoms with E-state index in [1.807, 2.05) is 31.2 Å². The van der Waals surface area contributed by atoms with Crippen molar-refractivity contribution in [3.63, 3.8) is 0 Å². The zero-order valence-corrected chi connectivity index (χ0v) is 10.2. The molecule has 15 heavy (non-hydrogen) atoms. The largest absolute Gasteiger partial charge is 0.326 e. The molecule has 1 nitrogen and oxygen atoms in total. The van der Waals surface area contributed by atoms with Gasteiger partial charge in [0.15, 0.2) is 0 Å². The molecule has 0 saturated heterocycles. The van der Waals surface area contributed by atoms with Gasteiger partial charge < -0.3 is 5.73 Å². The Balaban J connectivity index is 2.35. The molecule has 1 rings (SSSR count). The molecule has 3 heteroatoms. The third-order valence-electron chi connectivity index (χ3n) is 1.82. The standard InChI is InChI=1S/C12H14ClNS/c1-2-3-4-11(14)9-15-12-7-5-10(13)6-8-12/h5-8,11H,4,9,14H2,1H3. The normalized spacial score (nSPS) is 11.7. The van der Waals surface area contributed by atoms with E-state index >= 15 is 0 Å². The van der Waals surface area contributed by atoms with Gasteiger partial charge in [-0.05, 0) is 31.2 Å². The van der Waals surface area contributed by atoms with Crippen molar-refractivity contribution in [2.24, 2.45) is 5.73 Å². The van der Waals surface area contributed by atoms with Crippen molar-refractivity contribution in [2.75, 3.05) is 5.75 Å². The highest BCUT2D eigenvalue weighted by Crippen LogP contribution is 2.20. The second-order valence-corrected chi connectivity index (χ2v) is 4.69. The van der Waals surface area contributed by atoms with Crippen LogP contribution < -0.4 is 5.73 Å². The molecule has 0 spiro atoms. The average molecular weight is 240 g/mol. The second kappa shape index (κ2) is 6.79. The maximum absolute atomic E-state index is 5.89. The van der Waals surface area contributed by atoms with Gasteiger partial charge in [0.25, 0.3) is 0 Å². The number of nitrogens with two attached hydrogens (primary N) is 1. The van der Waals surface area contributed by atoms with Crippen molar-refractivity contribution in [3.05, 3.63) is 29.3 Å². The van der Waals surface area contributed by atoms with Crippen molar-refractivity contribution in [1.82, 2.24) is 0 Å². The van der Waals surface area contributed by atoms with Crippen LogP contribution in [0.5, 0.6) is 0 Å². The SMILES string of the molecule is CC#CCC(N)CSc1ccc(Cl)cc1. The minimum absolute atomic E-state index is 0.137. The summed E-state index contributed by atoms with van der Waals surface area (Å²) in [5.74, 6) is 6.72. The Morgan fingerprint density at radius 1 is 1.40 bits per heavy atom. The first-order valence-electron chi connectivity index (χ1n) is 4.76. The summed E-state index contributed by atoms with van der Waals surface area (Å²) in [4.78, 5) is 1.19. The fourth-order valence-electron chi connectivity index (χ4n) is 1.03. The van der Waals surface area contributed by atoms with Gasteiger partial charge in [-0.1, -0.05) is 11.6 Å². The van der Waals surface area contributed by atoms with E-state index in [1.54, 1.807) is 11.8 Å². The van der Waals surface area contributed by atoms with Crippen LogP contribution in [0.2, 0.25) is 5.02 Å². The third-order valence-corrected chi connectivity index (χ3v) is 3.27. The summed E-state index contributed by atoms with van der Waals surface area (Å²) in [6, 6.07) is 7.93. The van der Waals surface area contributed by atoms with Gasteiger partial charge in [0.1, 0.15) is 0 Å². The Morgan fingerprint density at radius 2 is 2.07 bits per heavy atom. The molecule has 0 amide bonds. The van der Waals surface area contributed by atoms with Crippen LogP contribution >= 0.6 is 23.4 Å². The van der Waals surface area contributed by atoms with Crippen molar-refractivity contribution < 1.29 is 0 Å². The molecule has 0 aliphatic rings. The topological polar surface area (TPSA) is 26.0 Å². The molecule has 0 aromatic heterocycles. The number of benzene rings is 1. The number of rotatable bonds is 4. The zero-order chi connectivity index (χ0) is 11.1. The molecule has 0 saturated carbocycles. The minimum Gasteiger partial charge on any atom is -0.326 e. The van der Waals surface area contributed by atoms with Crippen LogP contribution in [-0.2, 0) is 0 Å². The zero-order valence-electron chi connectivity index (χ0n) is 8.66. The smallest absolute Gasteiger partial charge is 0.0406 e. The van der Waals surface area contributed by atoms with Gasteiger partial charge in [-0.25, -0.2) is 0 Å². The summed E-state index contributed by atoms with van der Waals surface area (Å²) in [7, 11) is 0. The molecule has 1 aromatic carbocycles. The summed E-state index contributed by atoms with van der Waals surface area (Å²) >= 11 is 7.53. The molecule has 0 fully saturated rings. The molecular weight excluding hydrogens is 226 g/mol. The molecule has 0 aliphatic carbocycles. The van der Waals surface area contributed by atoms with Gasteiger partial charge >= 0.3 is 0 Å². The summed E-state index contributed by atoms with van der Waals surface area (Å²) in [6.45, 7) is 1.83. The molecule has 0 radical (unpaired) electrons. The van der Waals surface area contributed by atoms with Crippen LogP contribution in [0.25, 0.3) is 0 Å². The van der Waals surface area contributed by atoms with Gasteiger partial charge in [-0.2, -0.15) is 0 Å². The van der Waals surface area contributed by atoms with E-state index in [9.17, 15) is 0 Å². The average Bonchev–Trinajstić information content (AvgIpc) is 2.25. The molecule has 1 unspecified atom stereocenters. The van der Waals surface area contributed by atoms with Crippen LogP contribution in [0, 0.1) is 11.8 Å². The molecule has 0 bridgehead atoms. The van der Waals surface area contributed by atoms with E-state index in [-0.39, 0.29) is 6.04 Å². The predicted molar refractivity (Wildman–Crippen MR) is 68.2 cm³/mol. The van der Waals surface area contributed by atoms with Crippen LogP contribution in [0.1, 0.15) is 13.3 Å². The Kier molecular flexibility index (Phi) is 5.63. The molecular formula is C12H14ClNS. The molecule has 2 N–H and O–H groups in total. The van der Waals surface area contributed by atoms with E-state index in [2.05, 4.69) is 11.8 Å². The van der Waals surface area contributed by atoms with E-state index in [0.29, 0.717) is 0 Å². The monoisotopic (exact) mass is 239 g/mol. The summed E-state index contributed by atoms with van der Waals surface area (Å²) in [5, 5.41) is 0.764. The van der Waals surface area contributed by atoms with Crippen molar-refractivity contribution in [3.8, 4) is 11.8 Å². The lowest BCUT2D eigenvalue weighted by Gasteiger charge is -2.07. The van der Waals surface area contributed by atoms with Gasteiger partial charge in [-0.3, -0.25) is 0 Å². The van der Waals surface area contributed by atoms with Crippen LogP contribution in [0.15, 0.2) is 29.2 Å². The summed E-state index contributed by atoms with van der Waals surface area (Å²) in [6.07, 6.45) is 0.761. The first-order chi connectivity index (χ1) is 7.22. The highest BCUT2D eigenvalue weighted by atomic mass is 35.5. The van der Waals surface area contributed by atoms with Gasteiger partial charge in [0.2, 0.25) is 0 Å². The van der Waals surface area contributed by atoms with Crippen LogP contribution in [-0.4, -0.2) is 11.8 Å². The van der Waals surface area contributed by atoms with Crippen LogP contribution in [0.3, 0.4) is 0 Å². The van der Waals surface area contributed by atoms with E-state index in [1.165, 1.54) is 4.90 Å². The van der Waals surface area contributed by atoms with Crippen molar-refractivity contribution >= 4 is 23.4 Å². The fourth-order valence-corrected chi connectivity index (χ4v) is 2.01.